The average molecular weight is 304 g/mol. The van der Waals surface area contributed by atoms with Crippen molar-refractivity contribution in [3.63, 3.8) is 0 Å². The van der Waals surface area contributed by atoms with Crippen molar-refractivity contribution in [3.05, 3.63) is 0 Å². The zero-order valence-corrected chi connectivity index (χ0v) is 13.8. The van der Waals surface area contributed by atoms with Crippen molar-refractivity contribution in [1.29, 1.82) is 0 Å². The first-order valence-corrected chi connectivity index (χ1v) is 8.42. The van der Waals surface area contributed by atoms with Crippen molar-refractivity contribution >= 4 is 23.8 Å². The molecule has 0 aromatic carbocycles. The summed E-state index contributed by atoms with van der Waals surface area (Å²) in [5.41, 5.74) is -0.862. The first kappa shape index (κ1) is 19.1. The number of thioether (sulfide) groups is 1. The van der Waals surface area contributed by atoms with Crippen LogP contribution in [-0.4, -0.2) is 41.2 Å². The highest BCUT2D eigenvalue weighted by Crippen LogP contribution is 2.25. The first-order chi connectivity index (χ1) is 9.41. The predicted molar refractivity (Wildman–Crippen MR) is 84.3 cm³/mol. The largest absolute Gasteiger partial charge is 0.481 e. The van der Waals surface area contributed by atoms with E-state index in [9.17, 15) is 14.7 Å². The second-order valence-corrected chi connectivity index (χ2v) is 6.40. The minimum atomic E-state index is -0.862. The van der Waals surface area contributed by atoms with E-state index in [1.54, 1.807) is 0 Å². The zero-order chi connectivity index (χ0) is 15.6. The fourth-order valence-corrected chi connectivity index (χ4v) is 2.69. The molecule has 0 aliphatic carbocycles. The summed E-state index contributed by atoms with van der Waals surface area (Å²) in [5, 5.41) is 14.8. The van der Waals surface area contributed by atoms with E-state index < -0.39 is 11.4 Å². The summed E-state index contributed by atoms with van der Waals surface area (Å²) in [7, 11) is 0. The van der Waals surface area contributed by atoms with Crippen molar-refractivity contribution in [2.75, 3.05) is 18.1 Å². The highest BCUT2D eigenvalue weighted by Gasteiger charge is 2.35. The monoisotopic (exact) mass is 304 g/mol. The van der Waals surface area contributed by atoms with Gasteiger partial charge in [-0.2, -0.15) is 11.8 Å². The van der Waals surface area contributed by atoms with Crippen molar-refractivity contribution in [2.45, 2.75) is 53.0 Å². The number of hydrogen-bond acceptors (Lipinski definition) is 3. The molecule has 0 spiro atoms. The molecule has 2 amide bonds. The summed E-state index contributed by atoms with van der Waals surface area (Å²) in [6.07, 6.45) is 1.92. The van der Waals surface area contributed by atoms with E-state index in [1.165, 1.54) is 0 Å². The molecule has 0 radical (unpaired) electrons. The molecule has 0 aromatic rings. The molecule has 0 aliphatic rings. The number of carboxylic acid groups (broad SMARTS) is 1. The van der Waals surface area contributed by atoms with Crippen LogP contribution in [0.2, 0.25) is 0 Å². The Labute approximate surface area is 126 Å². The van der Waals surface area contributed by atoms with Crippen LogP contribution in [0.15, 0.2) is 0 Å². The van der Waals surface area contributed by atoms with Crippen LogP contribution in [0.1, 0.15) is 47.0 Å². The Hall–Kier alpha value is -0.910. The van der Waals surface area contributed by atoms with Crippen LogP contribution in [0.4, 0.5) is 4.79 Å². The zero-order valence-electron chi connectivity index (χ0n) is 13.0. The van der Waals surface area contributed by atoms with Gasteiger partial charge in [-0.15, -0.1) is 0 Å². The third-order valence-electron chi connectivity index (χ3n) is 3.67. The van der Waals surface area contributed by atoms with Crippen molar-refractivity contribution < 1.29 is 14.7 Å². The summed E-state index contributed by atoms with van der Waals surface area (Å²) in [4.78, 5) is 23.1. The molecule has 0 bridgehead atoms. The minimum absolute atomic E-state index is 0.0940. The molecule has 6 heteroatoms. The Morgan fingerprint density at radius 3 is 2.30 bits per heavy atom. The highest BCUT2D eigenvalue weighted by atomic mass is 32.2. The third kappa shape index (κ3) is 6.50. The molecule has 0 aromatic heterocycles. The van der Waals surface area contributed by atoms with Gasteiger partial charge in [0.2, 0.25) is 0 Å². The maximum Gasteiger partial charge on any atom is 0.315 e. The van der Waals surface area contributed by atoms with E-state index in [-0.39, 0.29) is 18.6 Å². The first-order valence-electron chi connectivity index (χ1n) is 7.27. The van der Waals surface area contributed by atoms with E-state index in [4.69, 9.17) is 0 Å². The number of hydrogen-bond donors (Lipinski definition) is 3. The van der Waals surface area contributed by atoms with Crippen LogP contribution in [0.3, 0.4) is 0 Å². The van der Waals surface area contributed by atoms with Gasteiger partial charge in [0, 0.05) is 12.6 Å². The Bertz CT molecular complexity index is 307. The molecule has 5 nitrogen and oxygen atoms in total. The van der Waals surface area contributed by atoms with Gasteiger partial charge in [-0.1, -0.05) is 20.8 Å². The van der Waals surface area contributed by atoms with Crippen LogP contribution in [-0.2, 0) is 4.79 Å². The van der Waals surface area contributed by atoms with E-state index >= 15 is 0 Å². The smallest absolute Gasteiger partial charge is 0.315 e. The second-order valence-electron chi connectivity index (χ2n) is 5.01. The quantitative estimate of drug-likeness (QED) is 0.542. The third-order valence-corrected chi connectivity index (χ3v) is 4.60. The normalized spacial score (nSPS) is 12.8. The molecule has 0 aliphatic heterocycles. The lowest BCUT2D eigenvalue weighted by Crippen LogP contribution is -2.47. The van der Waals surface area contributed by atoms with Gasteiger partial charge in [-0.05, 0) is 37.7 Å². The Morgan fingerprint density at radius 1 is 1.25 bits per heavy atom. The number of urea groups is 1. The van der Waals surface area contributed by atoms with Gasteiger partial charge in [0.1, 0.15) is 0 Å². The average Bonchev–Trinajstić information content (AvgIpc) is 2.40. The number of carbonyl (C=O) groups excluding carboxylic acids is 1. The van der Waals surface area contributed by atoms with Crippen LogP contribution < -0.4 is 10.6 Å². The highest BCUT2D eigenvalue weighted by molar-refractivity contribution is 7.99. The molecule has 0 rings (SSSR count). The maximum atomic E-state index is 11.8. The Morgan fingerprint density at radius 2 is 1.85 bits per heavy atom. The van der Waals surface area contributed by atoms with Crippen molar-refractivity contribution in [2.24, 2.45) is 5.41 Å². The minimum Gasteiger partial charge on any atom is -0.481 e. The van der Waals surface area contributed by atoms with Gasteiger partial charge < -0.3 is 15.7 Å². The summed E-state index contributed by atoms with van der Waals surface area (Å²) in [6.45, 7) is 7.90. The van der Waals surface area contributed by atoms with Crippen molar-refractivity contribution in [3.8, 4) is 0 Å². The molecule has 0 saturated heterocycles. The molecule has 1 unspecified atom stereocenters. The fourth-order valence-electron chi connectivity index (χ4n) is 1.88. The lowest BCUT2D eigenvalue weighted by Gasteiger charge is -2.27. The molecular formula is C14H28N2O3S. The molecule has 3 N–H and O–H groups in total. The van der Waals surface area contributed by atoms with Crippen LogP contribution in [0.25, 0.3) is 0 Å². The number of rotatable bonds is 10. The fraction of sp³-hybridized carbons (Fsp3) is 0.857. The van der Waals surface area contributed by atoms with Gasteiger partial charge >= 0.3 is 12.0 Å². The van der Waals surface area contributed by atoms with E-state index in [0.29, 0.717) is 12.8 Å². The van der Waals surface area contributed by atoms with Gasteiger partial charge in [0.15, 0.2) is 0 Å². The Balaban J connectivity index is 4.17. The summed E-state index contributed by atoms with van der Waals surface area (Å²) >= 11 is 1.84. The molecule has 0 heterocycles. The SMILES string of the molecule is CCSCCC(C)NC(=O)NCC(CC)(CC)C(=O)O. The van der Waals surface area contributed by atoms with Crippen molar-refractivity contribution in [1.82, 2.24) is 10.6 Å². The number of aliphatic carboxylic acids is 1. The molecule has 20 heavy (non-hydrogen) atoms. The molecule has 0 fully saturated rings. The summed E-state index contributed by atoms with van der Waals surface area (Å²) < 4.78 is 0. The van der Waals surface area contributed by atoms with Gasteiger partial charge in [-0.25, -0.2) is 4.79 Å². The van der Waals surface area contributed by atoms with Crippen LogP contribution in [0, 0.1) is 5.41 Å². The molecular weight excluding hydrogens is 276 g/mol. The molecule has 118 valence electrons. The van der Waals surface area contributed by atoms with E-state index in [1.807, 2.05) is 32.5 Å². The Kier molecular flexibility index (Phi) is 9.46. The number of carbonyl (C=O) groups is 2. The summed E-state index contributed by atoms with van der Waals surface area (Å²) in [6, 6.07) is -0.192. The van der Waals surface area contributed by atoms with E-state index in [2.05, 4.69) is 17.6 Å². The summed E-state index contributed by atoms with van der Waals surface area (Å²) in [5.74, 6) is 1.24. The van der Waals surface area contributed by atoms with Crippen LogP contribution >= 0.6 is 11.8 Å². The van der Waals surface area contributed by atoms with Gasteiger partial charge in [0.05, 0.1) is 5.41 Å². The lowest BCUT2D eigenvalue weighted by atomic mass is 9.82. The lowest BCUT2D eigenvalue weighted by molar-refractivity contribution is -0.149. The van der Waals surface area contributed by atoms with E-state index in [0.717, 1.165) is 17.9 Å². The maximum absolute atomic E-state index is 11.8. The topological polar surface area (TPSA) is 78.4 Å². The van der Waals surface area contributed by atoms with Gasteiger partial charge in [-0.3, -0.25) is 4.79 Å². The molecule has 0 saturated carbocycles. The van der Waals surface area contributed by atoms with Crippen LogP contribution in [0.5, 0.6) is 0 Å². The molecule has 1 atom stereocenters. The second kappa shape index (κ2) is 9.91. The number of nitrogens with one attached hydrogen (secondary N) is 2. The number of carboxylic acids is 1. The van der Waals surface area contributed by atoms with Gasteiger partial charge in [0.25, 0.3) is 0 Å². The standard InChI is InChI=1S/C14H28N2O3S/c1-5-14(6-2,12(17)18)10-15-13(19)16-11(4)8-9-20-7-3/h11H,5-10H2,1-4H3,(H,17,18)(H2,15,16,19). The predicted octanol–water partition coefficient (Wildman–Crippen LogP) is 2.71. The number of amides is 2.